The van der Waals surface area contributed by atoms with Gasteiger partial charge in [-0.3, -0.25) is 9.89 Å². The Hall–Kier alpha value is -2.36. The van der Waals surface area contributed by atoms with Crippen LogP contribution in [0, 0.1) is 0 Å². The standard InChI is InChI=1S/C18H23ClF2N4O.C6H14O.C3H6O/c1-11(12-6-5-7-13(17(20)21)16(12)26-4)24-18(22-2)14-8-25(3)9-15(14)23-10-19;1-3-5-7-6-4-2;1-2-3-4/h5-7,11,17,23H,2,8-10H2,1,3-4H3;3-6H2,1-2H3;3H,2H2,1H3. The summed E-state index contributed by atoms with van der Waals surface area (Å²) in [7, 11) is 3.35. The maximum absolute atomic E-state index is 13.2. The molecule has 2 rings (SSSR count). The van der Waals surface area contributed by atoms with Crippen LogP contribution >= 0.6 is 11.6 Å². The predicted octanol–water partition coefficient (Wildman–Crippen LogP) is 6.20. The van der Waals surface area contributed by atoms with Crippen molar-refractivity contribution in [2.45, 2.75) is 59.4 Å². The van der Waals surface area contributed by atoms with Crippen molar-refractivity contribution in [1.29, 1.82) is 0 Å². The topological polar surface area (TPSA) is 75.5 Å². The van der Waals surface area contributed by atoms with Crippen molar-refractivity contribution in [1.82, 2.24) is 10.2 Å². The molecule has 1 unspecified atom stereocenters. The lowest BCUT2D eigenvalue weighted by molar-refractivity contribution is -0.107. The lowest BCUT2D eigenvalue weighted by atomic mass is 10.0. The van der Waals surface area contributed by atoms with Crippen LogP contribution in [0.4, 0.5) is 8.78 Å². The number of methoxy groups -OCH3 is 1. The van der Waals surface area contributed by atoms with Gasteiger partial charge < -0.3 is 19.6 Å². The quantitative estimate of drug-likeness (QED) is 0.0847. The lowest BCUT2D eigenvalue weighted by Crippen LogP contribution is -2.19. The number of benzene rings is 1. The van der Waals surface area contributed by atoms with Crippen molar-refractivity contribution >= 4 is 30.4 Å². The van der Waals surface area contributed by atoms with E-state index in [-0.39, 0.29) is 17.3 Å². The third-order valence-electron chi connectivity index (χ3n) is 5.07. The van der Waals surface area contributed by atoms with Crippen LogP contribution in [0.1, 0.15) is 70.6 Å². The largest absolute Gasteiger partial charge is 0.496 e. The molecule has 210 valence electrons. The summed E-state index contributed by atoms with van der Waals surface area (Å²) in [6.07, 6.45) is 1.17. The molecule has 0 radical (unpaired) electrons. The van der Waals surface area contributed by atoms with Crippen LogP contribution < -0.4 is 10.1 Å². The fraction of sp³-hybridized carbons (Fsp3) is 0.593. The van der Waals surface area contributed by atoms with Crippen LogP contribution in [0.3, 0.4) is 0 Å². The van der Waals surface area contributed by atoms with E-state index in [0.717, 1.165) is 43.6 Å². The predicted molar refractivity (Wildman–Crippen MR) is 149 cm³/mol. The van der Waals surface area contributed by atoms with Crippen molar-refractivity contribution in [3.05, 3.63) is 40.6 Å². The summed E-state index contributed by atoms with van der Waals surface area (Å²) in [6, 6.07) is 4.51. The molecular weight excluding hydrogens is 502 g/mol. The molecule has 1 atom stereocenters. The number of carbonyl (C=O) groups excluding carboxylic acids is 1. The average molecular weight is 545 g/mol. The summed E-state index contributed by atoms with van der Waals surface area (Å²) >= 11 is 5.79. The van der Waals surface area contributed by atoms with Gasteiger partial charge in [0.25, 0.3) is 6.43 Å². The Morgan fingerprint density at radius 2 is 1.81 bits per heavy atom. The van der Waals surface area contributed by atoms with Gasteiger partial charge in [0.1, 0.15) is 12.0 Å². The van der Waals surface area contributed by atoms with Crippen LogP contribution in [-0.2, 0) is 9.53 Å². The van der Waals surface area contributed by atoms with Gasteiger partial charge in [-0.2, -0.15) is 0 Å². The molecule has 1 N–H and O–H groups in total. The second kappa shape index (κ2) is 20.7. The molecular formula is C27H43ClF2N4O3. The number of amidine groups is 1. The van der Waals surface area contributed by atoms with Gasteiger partial charge in [-0.05, 0) is 39.6 Å². The summed E-state index contributed by atoms with van der Waals surface area (Å²) < 4.78 is 36.8. The number of rotatable bonds is 12. The summed E-state index contributed by atoms with van der Waals surface area (Å²) in [5.41, 5.74) is 2.27. The van der Waals surface area contributed by atoms with Crippen LogP contribution in [-0.4, -0.2) is 70.2 Å². The molecule has 1 aromatic rings. The summed E-state index contributed by atoms with van der Waals surface area (Å²) in [5, 5.41) is 3.11. The molecule has 10 heteroatoms. The number of nitrogens with zero attached hydrogens (tertiary/aromatic N) is 3. The van der Waals surface area contributed by atoms with Crippen LogP contribution in [0.15, 0.2) is 39.5 Å². The minimum atomic E-state index is -2.62. The molecule has 0 aliphatic carbocycles. The Morgan fingerprint density at radius 1 is 1.22 bits per heavy atom. The molecule has 1 aromatic carbocycles. The van der Waals surface area contributed by atoms with Crippen molar-refractivity contribution in [3.8, 4) is 5.75 Å². The minimum absolute atomic E-state index is 0.149. The van der Waals surface area contributed by atoms with E-state index >= 15 is 0 Å². The number of aldehydes is 1. The van der Waals surface area contributed by atoms with E-state index in [0.29, 0.717) is 30.9 Å². The van der Waals surface area contributed by atoms with Crippen molar-refractivity contribution < 1.29 is 23.0 Å². The number of hydrogen-bond acceptors (Lipinski definition) is 6. The first-order valence-corrected chi connectivity index (χ1v) is 13.0. The van der Waals surface area contributed by atoms with Crippen LogP contribution in [0.5, 0.6) is 5.75 Å². The first-order chi connectivity index (χ1) is 17.7. The number of para-hydroxylation sites is 1. The van der Waals surface area contributed by atoms with Gasteiger partial charge in [0.05, 0.1) is 24.7 Å². The number of hydrogen-bond donors (Lipinski definition) is 1. The van der Waals surface area contributed by atoms with Crippen LogP contribution in [0.2, 0.25) is 0 Å². The van der Waals surface area contributed by atoms with Crippen LogP contribution in [0.25, 0.3) is 0 Å². The van der Waals surface area contributed by atoms with Crippen molar-refractivity contribution in [3.63, 3.8) is 0 Å². The number of halogens is 3. The third-order valence-corrected chi connectivity index (χ3v) is 5.20. The molecule has 0 fully saturated rings. The minimum Gasteiger partial charge on any atom is -0.496 e. The van der Waals surface area contributed by atoms with E-state index < -0.39 is 12.5 Å². The van der Waals surface area contributed by atoms with Gasteiger partial charge >= 0.3 is 0 Å². The highest BCUT2D eigenvalue weighted by molar-refractivity contribution is 6.17. The number of aliphatic imine (C=N–C) groups is 2. The molecule has 1 aliphatic rings. The van der Waals surface area contributed by atoms with E-state index in [2.05, 4.69) is 40.8 Å². The molecule has 0 spiro atoms. The number of ether oxygens (including phenoxy) is 2. The first-order valence-electron chi connectivity index (χ1n) is 12.5. The fourth-order valence-electron chi connectivity index (χ4n) is 3.40. The molecule has 1 heterocycles. The highest BCUT2D eigenvalue weighted by Gasteiger charge is 2.24. The molecule has 0 bridgehead atoms. The Bertz CT molecular complexity index is 862. The second-order valence-corrected chi connectivity index (χ2v) is 8.45. The van der Waals surface area contributed by atoms with E-state index in [1.165, 1.54) is 13.2 Å². The normalized spacial score (nSPS) is 14.4. The average Bonchev–Trinajstić information content (AvgIpc) is 3.27. The van der Waals surface area contributed by atoms with E-state index in [1.807, 2.05) is 20.9 Å². The summed E-state index contributed by atoms with van der Waals surface area (Å²) in [5.74, 6) is 0.623. The van der Waals surface area contributed by atoms with Crippen molar-refractivity contribution in [2.24, 2.45) is 9.98 Å². The zero-order valence-electron chi connectivity index (χ0n) is 23.0. The first kappa shape index (κ1) is 34.6. The van der Waals surface area contributed by atoms with Gasteiger partial charge in [0.15, 0.2) is 5.84 Å². The number of likely N-dealkylation sites (N-methyl/N-ethyl adjacent to an activating group) is 1. The molecule has 37 heavy (non-hydrogen) atoms. The molecule has 7 nitrogen and oxygen atoms in total. The Kier molecular flexibility index (Phi) is 19.4. The van der Waals surface area contributed by atoms with E-state index in [9.17, 15) is 13.6 Å². The summed E-state index contributed by atoms with van der Waals surface area (Å²) in [4.78, 5) is 19.9. The summed E-state index contributed by atoms with van der Waals surface area (Å²) in [6.45, 7) is 14.7. The number of alkyl halides is 3. The molecule has 0 amide bonds. The Morgan fingerprint density at radius 3 is 2.27 bits per heavy atom. The van der Waals surface area contributed by atoms with E-state index in [1.54, 1.807) is 12.1 Å². The zero-order valence-corrected chi connectivity index (χ0v) is 23.8. The van der Waals surface area contributed by atoms with Gasteiger partial charge in [0.2, 0.25) is 0 Å². The monoisotopic (exact) mass is 544 g/mol. The lowest BCUT2D eigenvalue weighted by Gasteiger charge is -2.17. The molecule has 0 saturated heterocycles. The molecule has 0 aromatic heterocycles. The molecule has 1 aliphatic heterocycles. The number of carbonyl (C=O) groups is 1. The highest BCUT2D eigenvalue weighted by atomic mass is 35.5. The van der Waals surface area contributed by atoms with Gasteiger partial charge in [-0.15, -0.1) is 11.6 Å². The maximum Gasteiger partial charge on any atom is 0.267 e. The smallest absolute Gasteiger partial charge is 0.267 e. The maximum atomic E-state index is 13.2. The van der Waals surface area contributed by atoms with Gasteiger partial charge in [0, 0.05) is 49.6 Å². The fourth-order valence-corrected chi connectivity index (χ4v) is 3.56. The molecule has 0 saturated carbocycles. The Balaban J connectivity index is 0.000000988. The second-order valence-electron chi connectivity index (χ2n) is 8.18. The third kappa shape index (κ3) is 12.6. The number of nitrogens with one attached hydrogen (secondary N) is 1. The van der Waals surface area contributed by atoms with E-state index in [4.69, 9.17) is 21.1 Å². The Labute approximate surface area is 226 Å². The van der Waals surface area contributed by atoms with Gasteiger partial charge in [-0.1, -0.05) is 32.9 Å². The van der Waals surface area contributed by atoms with Crippen molar-refractivity contribution in [2.75, 3.05) is 46.5 Å². The SMILES string of the molecule is C=NC(=NC(C)c1cccc(C(F)F)c1OC)C1=C(NCCl)CN(C)C1.CCC=O.CCCOCCC. The highest BCUT2D eigenvalue weighted by Crippen LogP contribution is 2.36. The van der Waals surface area contributed by atoms with Gasteiger partial charge in [-0.25, -0.2) is 13.8 Å². The zero-order chi connectivity index (χ0) is 28.2.